The Morgan fingerprint density at radius 3 is 2.54 bits per heavy atom. The molecule has 2 saturated heterocycles. The van der Waals surface area contributed by atoms with Crippen molar-refractivity contribution in [3.05, 3.63) is 24.3 Å². The molecule has 0 bridgehead atoms. The van der Waals surface area contributed by atoms with Crippen molar-refractivity contribution in [3.63, 3.8) is 0 Å². The lowest BCUT2D eigenvalue weighted by atomic mass is 10.2. The van der Waals surface area contributed by atoms with Crippen LogP contribution >= 0.6 is 0 Å². The van der Waals surface area contributed by atoms with Gasteiger partial charge in [-0.1, -0.05) is 0 Å². The molecule has 0 aliphatic carbocycles. The molecular formula is C19H27N5O4. The smallest absolute Gasteiger partial charge is 0.274 e. The van der Waals surface area contributed by atoms with Crippen LogP contribution in [0.2, 0.25) is 0 Å². The van der Waals surface area contributed by atoms with E-state index in [2.05, 4.69) is 9.97 Å². The van der Waals surface area contributed by atoms with E-state index in [1.54, 1.807) is 21.6 Å². The minimum Gasteiger partial charge on any atom is -0.376 e. The Bertz CT molecular complexity index is 685. The first-order valence-corrected chi connectivity index (χ1v) is 9.75. The van der Waals surface area contributed by atoms with Gasteiger partial charge in [0.05, 0.1) is 12.3 Å². The number of carbonyl (C=O) groups is 3. The first-order chi connectivity index (χ1) is 13.5. The van der Waals surface area contributed by atoms with E-state index in [1.807, 2.05) is 0 Å². The van der Waals surface area contributed by atoms with Crippen molar-refractivity contribution < 1.29 is 19.1 Å². The van der Waals surface area contributed by atoms with E-state index in [1.165, 1.54) is 18.6 Å². The fourth-order valence-corrected chi connectivity index (χ4v) is 3.54. The van der Waals surface area contributed by atoms with Crippen LogP contribution in [-0.2, 0) is 14.3 Å². The standard InChI is InChI=1S/C19H27N5O4/c1-15(25)22-8-10-23(11-9-22)18(26)4-7-24(14-16-3-2-12-28-16)19(27)17-13-20-5-6-21-17/h5-6,13,16H,2-4,7-12,14H2,1H3. The van der Waals surface area contributed by atoms with Gasteiger partial charge in [-0.05, 0) is 12.8 Å². The van der Waals surface area contributed by atoms with Crippen molar-refractivity contribution in [1.29, 1.82) is 0 Å². The highest BCUT2D eigenvalue weighted by atomic mass is 16.5. The third-order valence-electron chi connectivity index (χ3n) is 5.19. The summed E-state index contributed by atoms with van der Waals surface area (Å²) in [4.78, 5) is 50.1. The zero-order valence-corrected chi connectivity index (χ0v) is 16.2. The Morgan fingerprint density at radius 1 is 1.18 bits per heavy atom. The number of hydrogen-bond acceptors (Lipinski definition) is 6. The molecule has 152 valence electrons. The monoisotopic (exact) mass is 389 g/mol. The Hall–Kier alpha value is -2.55. The normalized spacial score (nSPS) is 19.5. The molecule has 0 aromatic carbocycles. The number of hydrogen-bond donors (Lipinski definition) is 0. The van der Waals surface area contributed by atoms with E-state index in [4.69, 9.17) is 4.74 Å². The summed E-state index contributed by atoms with van der Waals surface area (Å²) in [5, 5.41) is 0. The van der Waals surface area contributed by atoms with Gasteiger partial charge in [0, 0.05) is 71.6 Å². The largest absolute Gasteiger partial charge is 0.376 e. The molecule has 1 unspecified atom stereocenters. The highest BCUT2D eigenvalue weighted by Gasteiger charge is 2.27. The average molecular weight is 389 g/mol. The van der Waals surface area contributed by atoms with Crippen LogP contribution in [0.15, 0.2) is 18.6 Å². The minimum absolute atomic E-state index is 0.00478. The summed E-state index contributed by atoms with van der Waals surface area (Å²) in [7, 11) is 0. The van der Waals surface area contributed by atoms with E-state index in [0.29, 0.717) is 45.9 Å². The number of nitrogens with zero attached hydrogens (tertiary/aromatic N) is 5. The predicted octanol–water partition coefficient (Wildman–Crippen LogP) is 0.179. The number of carbonyl (C=O) groups excluding carboxylic acids is 3. The summed E-state index contributed by atoms with van der Waals surface area (Å²) in [6.07, 6.45) is 6.56. The quantitative estimate of drug-likeness (QED) is 0.689. The van der Waals surface area contributed by atoms with Crippen molar-refractivity contribution in [3.8, 4) is 0 Å². The fraction of sp³-hybridized carbons (Fsp3) is 0.632. The van der Waals surface area contributed by atoms with Gasteiger partial charge in [0.15, 0.2) is 0 Å². The first kappa shape index (κ1) is 20.2. The summed E-state index contributed by atoms with van der Waals surface area (Å²) in [5.74, 6) is -0.213. The Labute approximate surface area is 164 Å². The van der Waals surface area contributed by atoms with Crippen LogP contribution in [0, 0.1) is 0 Å². The van der Waals surface area contributed by atoms with Crippen LogP contribution < -0.4 is 0 Å². The Kier molecular flexibility index (Phi) is 6.91. The molecule has 0 spiro atoms. The first-order valence-electron chi connectivity index (χ1n) is 9.75. The molecule has 3 heterocycles. The second kappa shape index (κ2) is 9.59. The highest BCUT2D eigenvalue weighted by molar-refractivity contribution is 5.92. The maximum Gasteiger partial charge on any atom is 0.274 e. The second-order valence-corrected chi connectivity index (χ2v) is 7.11. The Morgan fingerprint density at radius 2 is 1.93 bits per heavy atom. The molecule has 0 radical (unpaired) electrons. The molecule has 9 heteroatoms. The van der Waals surface area contributed by atoms with Gasteiger partial charge in [-0.3, -0.25) is 19.4 Å². The molecule has 3 amide bonds. The topological polar surface area (TPSA) is 95.9 Å². The van der Waals surface area contributed by atoms with Gasteiger partial charge >= 0.3 is 0 Å². The van der Waals surface area contributed by atoms with Gasteiger partial charge in [-0.25, -0.2) is 4.98 Å². The van der Waals surface area contributed by atoms with Crippen molar-refractivity contribution in [2.24, 2.45) is 0 Å². The molecular weight excluding hydrogens is 362 g/mol. The van der Waals surface area contributed by atoms with Gasteiger partial charge in [0.1, 0.15) is 5.69 Å². The molecule has 1 atom stereocenters. The number of amides is 3. The molecule has 2 fully saturated rings. The molecule has 0 saturated carbocycles. The van der Waals surface area contributed by atoms with Crippen molar-refractivity contribution in [1.82, 2.24) is 24.7 Å². The highest BCUT2D eigenvalue weighted by Crippen LogP contribution is 2.15. The molecule has 3 rings (SSSR count). The summed E-state index contributed by atoms with van der Waals surface area (Å²) in [6.45, 7) is 5.17. The Balaban J connectivity index is 1.57. The summed E-state index contributed by atoms with van der Waals surface area (Å²) < 4.78 is 5.66. The summed E-state index contributed by atoms with van der Waals surface area (Å²) >= 11 is 0. The number of aromatic nitrogens is 2. The van der Waals surface area contributed by atoms with Crippen molar-refractivity contribution in [2.45, 2.75) is 32.3 Å². The van der Waals surface area contributed by atoms with Crippen molar-refractivity contribution >= 4 is 17.7 Å². The maximum atomic E-state index is 12.8. The predicted molar refractivity (Wildman–Crippen MR) is 100 cm³/mol. The summed E-state index contributed by atoms with van der Waals surface area (Å²) in [6, 6.07) is 0. The second-order valence-electron chi connectivity index (χ2n) is 7.11. The van der Waals surface area contributed by atoms with E-state index in [9.17, 15) is 14.4 Å². The fourth-order valence-electron chi connectivity index (χ4n) is 3.54. The molecule has 1 aromatic rings. The van der Waals surface area contributed by atoms with E-state index in [-0.39, 0.29) is 35.9 Å². The number of rotatable bonds is 6. The number of ether oxygens (including phenoxy) is 1. The third kappa shape index (κ3) is 5.25. The molecule has 0 N–H and O–H groups in total. The molecule has 9 nitrogen and oxygen atoms in total. The van der Waals surface area contributed by atoms with Gasteiger partial charge < -0.3 is 19.4 Å². The maximum absolute atomic E-state index is 12.8. The van der Waals surface area contributed by atoms with E-state index < -0.39 is 0 Å². The van der Waals surface area contributed by atoms with Crippen LogP contribution in [0.4, 0.5) is 0 Å². The molecule has 2 aliphatic rings. The van der Waals surface area contributed by atoms with E-state index >= 15 is 0 Å². The summed E-state index contributed by atoms with van der Waals surface area (Å²) in [5.41, 5.74) is 0.267. The lowest BCUT2D eigenvalue weighted by Gasteiger charge is -2.34. The van der Waals surface area contributed by atoms with Gasteiger partial charge in [0.2, 0.25) is 11.8 Å². The lowest BCUT2D eigenvalue weighted by molar-refractivity contribution is -0.138. The SMILES string of the molecule is CC(=O)N1CCN(C(=O)CCN(CC2CCCO2)C(=O)c2cnccn2)CC1. The van der Waals surface area contributed by atoms with Crippen LogP contribution in [0.3, 0.4) is 0 Å². The third-order valence-corrected chi connectivity index (χ3v) is 5.19. The zero-order chi connectivity index (χ0) is 19.9. The van der Waals surface area contributed by atoms with Crippen LogP contribution in [-0.4, -0.2) is 94.4 Å². The zero-order valence-electron chi connectivity index (χ0n) is 16.2. The molecule has 1 aromatic heterocycles. The van der Waals surface area contributed by atoms with Crippen LogP contribution in [0.5, 0.6) is 0 Å². The van der Waals surface area contributed by atoms with Crippen LogP contribution in [0.1, 0.15) is 36.7 Å². The lowest BCUT2D eigenvalue weighted by Crippen LogP contribution is -2.50. The molecule has 28 heavy (non-hydrogen) atoms. The minimum atomic E-state index is -0.238. The van der Waals surface area contributed by atoms with E-state index in [0.717, 1.165) is 12.8 Å². The van der Waals surface area contributed by atoms with Crippen LogP contribution in [0.25, 0.3) is 0 Å². The van der Waals surface area contributed by atoms with Gasteiger partial charge in [-0.2, -0.15) is 0 Å². The average Bonchev–Trinajstić information content (AvgIpc) is 3.24. The van der Waals surface area contributed by atoms with Crippen molar-refractivity contribution in [2.75, 3.05) is 45.9 Å². The van der Waals surface area contributed by atoms with Gasteiger partial charge in [0.25, 0.3) is 5.91 Å². The molecule has 2 aliphatic heterocycles. The number of piperazine rings is 1. The van der Waals surface area contributed by atoms with Gasteiger partial charge in [-0.15, -0.1) is 0 Å².